The summed E-state index contributed by atoms with van der Waals surface area (Å²) in [5.74, 6) is 1.21. The van der Waals surface area contributed by atoms with Gasteiger partial charge in [0, 0.05) is 6.20 Å². The first-order chi connectivity index (χ1) is 6.77. The molecule has 0 bridgehead atoms. The van der Waals surface area contributed by atoms with Crippen LogP contribution in [0.5, 0.6) is 0 Å². The van der Waals surface area contributed by atoms with Crippen molar-refractivity contribution in [2.24, 2.45) is 0 Å². The Morgan fingerprint density at radius 1 is 1.57 bits per heavy atom. The van der Waals surface area contributed by atoms with E-state index < -0.39 is 5.97 Å². The summed E-state index contributed by atoms with van der Waals surface area (Å²) >= 11 is 0. The highest BCUT2D eigenvalue weighted by Crippen LogP contribution is 2.11. The summed E-state index contributed by atoms with van der Waals surface area (Å²) in [4.78, 5) is 25.4. The summed E-state index contributed by atoms with van der Waals surface area (Å²) in [6.07, 6.45) is 1.45. The Balaban J connectivity index is 2.85. The Labute approximate surface area is 81.2 Å². The third-order valence-corrected chi connectivity index (χ3v) is 1.65. The molecule has 72 valence electrons. The highest BCUT2D eigenvalue weighted by molar-refractivity contribution is 5.95. The molecule has 0 aliphatic carbocycles. The molecular weight excluding hydrogens is 182 g/mol. The van der Waals surface area contributed by atoms with Crippen LogP contribution in [0.2, 0.25) is 0 Å². The Kier molecular flexibility index (Phi) is 3.58. The van der Waals surface area contributed by atoms with Crippen molar-refractivity contribution in [3.05, 3.63) is 30.1 Å². The lowest BCUT2D eigenvalue weighted by atomic mass is 10.1. The van der Waals surface area contributed by atoms with Crippen LogP contribution in [0, 0.1) is 0 Å². The fourth-order valence-corrected chi connectivity index (χ4v) is 0.937. The van der Waals surface area contributed by atoms with E-state index in [1.54, 1.807) is 30.3 Å². The summed E-state index contributed by atoms with van der Waals surface area (Å²) < 4.78 is 4.44. The largest absolute Gasteiger partial charge is 0.469 e. The number of hydrogen-bond acceptors (Lipinski definition) is 4. The maximum absolute atomic E-state index is 10.9. The lowest BCUT2D eigenvalue weighted by molar-refractivity contribution is -0.139. The zero-order chi connectivity index (χ0) is 10.4. The van der Waals surface area contributed by atoms with Gasteiger partial charge in [-0.25, -0.2) is 4.79 Å². The van der Waals surface area contributed by atoms with Crippen LogP contribution in [0.25, 0.3) is 5.57 Å². The van der Waals surface area contributed by atoms with Crippen LogP contribution in [-0.4, -0.2) is 24.0 Å². The topological polar surface area (TPSA) is 56.3 Å². The maximum atomic E-state index is 10.9. The van der Waals surface area contributed by atoms with Crippen molar-refractivity contribution >= 4 is 17.5 Å². The van der Waals surface area contributed by atoms with E-state index in [0.717, 1.165) is 0 Å². The van der Waals surface area contributed by atoms with E-state index in [4.69, 9.17) is 0 Å². The van der Waals surface area contributed by atoms with E-state index in [1.165, 1.54) is 7.11 Å². The molecule has 1 heterocycles. The minimum Gasteiger partial charge on any atom is -0.469 e. The molecule has 1 rings (SSSR count). The Bertz CT molecular complexity index is 366. The monoisotopic (exact) mass is 191 g/mol. The van der Waals surface area contributed by atoms with Crippen LogP contribution < -0.4 is 0 Å². The van der Waals surface area contributed by atoms with Crippen LogP contribution in [0.15, 0.2) is 24.4 Å². The molecule has 4 nitrogen and oxygen atoms in total. The summed E-state index contributed by atoms with van der Waals surface area (Å²) in [5.41, 5.74) is 0.658. The first-order valence-electron chi connectivity index (χ1n) is 4.00. The molecule has 1 aromatic rings. The molecule has 0 unspecified atom stereocenters. The van der Waals surface area contributed by atoms with E-state index in [1.807, 2.05) is 0 Å². The molecule has 0 N–H and O–H groups in total. The number of aromatic nitrogens is 1. The predicted octanol–water partition coefficient (Wildman–Crippen LogP) is 0.860. The van der Waals surface area contributed by atoms with Gasteiger partial charge >= 0.3 is 5.97 Å². The second-order valence-corrected chi connectivity index (χ2v) is 2.55. The first kappa shape index (κ1) is 10.2. The Morgan fingerprint density at radius 3 is 2.86 bits per heavy atom. The molecule has 0 aliphatic rings. The van der Waals surface area contributed by atoms with Gasteiger partial charge in [0.15, 0.2) is 0 Å². The van der Waals surface area contributed by atoms with E-state index in [9.17, 15) is 9.59 Å². The molecule has 1 aromatic heterocycles. The molecule has 0 aliphatic heterocycles. The van der Waals surface area contributed by atoms with Crippen molar-refractivity contribution in [3.63, 3.8) is 0 Å². The van der Waals surface area contributed by atoms with E-state index >= 15 is 0 Å². The summed E-state index contributed by atoms with van der Waals surface area (Å²) in [6.45, 7) is 0. The molecule has 0 fully saturated rings. The van der Waals surface area contributed by atoms with Gasteiger partial charge in [-0.1, -0.05) is 6.07 Å². The maximum Gasteiger partial charge on any atom is 0.310 e. The van der Waals surface area contributed by atoms with Crippen molar-refractivity contribution < 1.29 is 14.3 Å². The van der Waals surface area contributed by atoms with Crippen LogP contribution in [-0.2, 0) is 14.3 Å². The lowest BCUT2D eigenvalue weighted by Crippen LogP contribution is -2.02. The number of methoxy groups -OCH3 is 1. The van der Waals surface area contributed by atoms with Crippen molar-refractivity contribution in [2.45, 2.75) is 6.42 Å². The first-order valence-corrected chi connectivity index (χ1v) is 4.00. The van der Waals surface area contributed by atoms with Gasteiger partial charge in [-0.15, -0.1) is 0 Å². The molecule has 0 saturated heterocycles. The summed E-state index contributed by atoms with van der Waals surface area (Å²) in [5, 5.41) is 0. The molecule has 0 spiro atoms. The summed E-state index contributed by atoms with van der Waals surface area (Å²) in [7, 11) is 1.27. The van der Waals surface area contributed by atoms with Crippen LogP contribution in [0.3, 0.4) is 0 Å². The second kappa shape index (κ2) is 4.94. The molecule has 0 aromatic carbocycles. The number of nitrogens with zero attached hydrogens (tertiary/aromatic N) is 1. The normalized spacial score (nSPS) is 8.93. The molecule has 14 heavy (non-hydrogen) atoms. The molecule has 0 radical (unpaired) electrons. The average molecular weight is 191 g/mol. The fraction of sp³-hybridized carbons (Fsp3) is 0.200. The van der Waals surface area contributed by atoms with Crippen molar-refractivity contribution in [2.75, 3.05) is 7.11 Å². The number of rotatable bonds is 3. The fourth-order valence-electron chi connectivity index (χ4n) is 0.937. The predicted molar refractivity (Wildman–Crippen MR) is 50.0 cm³/mol. The van der Waals surface area contributed by atoms with Crippen LogP contribution in [0.1, 0.15) is 12.1 Å². The smallest absolute Gasteiger partial charge is 0.310 e. The zero-order valence-corrected chi connectivity index (χ0v) is 7.69. The molecule has 0 saturated carbocycles. The van der Waals surface area contributed by atoms with Crippen LogP contribution in [0.4, 0.5) is 0 Å². The van der Waals surface area contributed by atoms with E-state index in [-0.39, 0.29) is 12.0 Å². The minimum absolute atomic E-state index is 0.100. The highest BCUT2D eigenvalue weighted by atomic mass is 16.5. The Morgan fingerprint density at radius 2 is 2.36 bits per heavy atom. The number of esters is 1. The van der Waals surface area contributed by atoms with Gasteiger partial charge in [-0.3, -0.25) is 9.78 Å². The summed E-state index contributed by atoms with van der Waals surface area (Å²) in [6, 6.07) is 5.10. The SMILES string of the molecule is COC(=O)CC(=C=O)c1ccccn1. The second-order valence-electron chi connectivity index (χ2n) is 2.55. The van der Waals surface area contributed by atoms with Gasteiger partial charge in [-0.05, 0) is 12.1 Å². The van der Waals surface area contributed by atoms with Crippen LogP contribution >= 0.6 is 0 Å². The van der Waals surface area contributed by atoms with Gasteiger partial charge in [0.05, 0.1) is 24.8 Å². The molecule has 4 heteroatoms. The number of carbonyl (C=O) groups is 1. The van der Waals surface area contributed by atoms with Gasteiger partial charge in [0.2, 0.25) is 0 Å². The van der Waals surface area contributed by atoms with Crippen molar-refractivity contribution in [1.29, 1.82) is 0 Å². The lowest BCUT2D eigenvalue weighted by Gasteiger charge is -2.00. The van der Waals surface area contributed by atoms with Crippen molar-refractivity contribution in [1.82, 2.24) is 4.98 Å². The standard InChI is InChI=1S/C10H9NO3/c1-14-10(13)6-8(7-12)9-4-2-3-5-11-9/h2-5H,6H2,1H3. The number of pyridine rings is 1. The minimum atomic E-state index is -0.478. The van der Waals surface area contributed by atoms with Crippen molar-refractivity contribution in [3.8, 4) is 0 Å². The number of hydrogen-bond donors (Lipinski definition) is 0. The average Bonchev–Trinajstić information content (AvgIpc) is 2.26. The molecule has 0 amide bonds. The third kappa shape index (κ3) is 2.54. The van der Waals surface area contributed by atoms with Gasteiger partial charge in [0.25, 0.3) is 0 Å². The molecule has 0 atom stereocenters. The number of carbonyl (C=O) groups excluding carboxylic acids is 2. The highest BCUT2D eigenvalue weighted by Gasteiger charge is 2.09. The van der Waals surface area contributed by atoms with E-state index in [0.29, 0.717) is 5.69 Å². The quantitative estimate of drug-likeness (QED) is 0.525. The van der Waals surface area contributed by atoms with Gasteiger partial charge in [0.1, 0.15) is 5.94 Å². The van der Waals surface area contributed by atoms with E-state index in [2.05, 4.69) is 9.72 Å². The number of ether oxygens (including phenoxy) is 1. The third-order valence-electron chi connectivity index (χ3n) is 1.65. The zero-order valence-electron chi connectivity index (χ0n) is 7.69. The van der Waals surface area contributed by atoms with Gasteiger partial charge in [-0.2, -0.15) is 0 Å². The van der Waals surface area contributed by atoms with Gasteiger partial charge < -0.3 is 4.74 Å². The Hall–Kier alpha value is -1.93. The molecular formula is C10H9NO3.